The van der Waals surface area contributed by atoms with E-state index in [0.29, 0.717) is 25.1 Å². The van der Waals surface area contributed by atoms with Gasteiger partial charge in [-0.2, -0.15) is 0 Å². The molecule has 0 aromatic heterocycles. The summed E-state index contributed by atoms with van der Waals surface area (Å²) >= 11 is 0. The third-order valence-electron chi connectivity index (χ3n) is 3.93. The molecule has 0 aliphatic carbocycles. The lowest BCUT2D eigenvalue weighted by atomic mass is 9.91. The molecule has 2 unspecified atom stereocenters. The van der Waals surface area contributed by atoms with Gasteiger partial charge in [0.2, 0.25) is 0 Å². The van der Waals surface area contributed by atoms with E-state index in [1.165, 1.54) is 25.0 Å². The summed E-state index contributed by atoms with van der Waals surface area (Å²) in [4.78, 5) is 2.41. The normalized spacial score (nSPS) is 23.1. The van der Waals surface area contributed by atoms with Crippen LogP contribution in [0.2, 0.25) is 0 Å². The largest absolute Gasteiger partial charge is 0.492 e. The smallest absolute Gasteiger partial charge is 0.123 e. The summed E-state index contributed by atoms with van der Waals surface area (Å²) < 4.78 is 18.4. The summed E-state index contributed by atoms with van der Waals surface area (Å²) in [5.74, 6) is 1.14. The molecule has 3 nitrogen and oxygen atoms in total. The van der Waals surface area contributed by atoms with Crippen molar-refractivity contribution in [3.05, 3.63) is 30.1 Å². The van der Waals surface area contributed by atoms with Gasteiger partial charge in [0.25, 0.3) is 0 Å². The first-order chi connectivity index (χ1) is 9.20. The zero-order valence-corrected chi connectivity index (χ0v) is 12.7. The van der Waals surface area contributed by atoms with Crippen molar-refractivity contribution in [2.75, 3.05) is 26.2 Å². The first kappa shape index (κ1) is 17.2. The standard InChI is InChI=1S/C15H23FN2O.ClH/c1-12-3-2-8-18(15(12)11-17)9-10-19-14-6-4-13(16)5-7-14;/h4-7,12,15H,2-3,8-11,17H2,1H3;1H. The van der Waals surface area contributed by atoms with Gasteiger partial charge in [-0.1, -0.05) is 6.92 Å². The Hall–Kier alpha value is -0.840. The van der Waals surface area contributed by atoms with Crippen LogP contribution in [0.25, 0.3) is 0 Å². The molecule has 0 bridgehead atoms. The van der Waals surface area contributed by atoms with E-state index >= 15 is 0 Å². The highest BCUT2D eigenvalue weighted by Gasteiger charge is 2.26. The van der Waals surface area contributed by atoms with Crippen molar-refractivity contribution in [1.82, 2.24) is 4.90 Å². The number of rotatable bonds is 5. The van der Waals surface area contributed by atoms with Gasteiger partial charge in [0.1, 0.15) is 18.2 Å². The molecule has 2 rings (SSSR count). The number of halogens is 2. The summed E-state index contributed by atoms with van der Waals surface area (Å²) in [5.41, 5.74) is 5.86. The summed E-state index contributed by atoms with van der Waals surface area (Å²) in [6.07, 6.45) is 2.49. The van der Waals surface area contributed by atoms with Crippen LogP contribution in [0.4, 0.5) is 4.39 Å². The number of benzene rings is 1. The van der Waals surface area contributed by atoms with Crippen molar-refractivity contribution in [2.45, 2.75) is 25.8 Å². The van der Waals surface area contributed by atoms with Crippen LogP contribution in [-0.2, 0) is 0 Å². The Balaban J connectivity index is 0.00000200. The molecule has 1 fully saturated rings. The molecule has 1 saturated heterocycles. The maximum atomic E-state index is 12.8. The number of hydrogen-bond donors (Lipinski definition) is 1. The third kappa shape index (κ3) is 4.62. The zero-order chi connectivity index (χ0) is 13.7. The molecule has 0 amide bonds. The average Bonchev–Trinajstić information content (AvgIpc) is 2.41. The summed E-state index contributed by atoms with van der Waals surface area (Å²) in [6, 6.07) is 6.62. The first-order valence-electron chi connectivity index (χ1n) is 7.03. The number of ether oxygens (including phenoxy) is 1. The molecule has 20 heavy (non-hydrogen) atoms. The van der Waals surface area contributed by atoms with E-state index in [0.717, 1.165) is 18.8 Å². The van der Waals surface area contributed by atoms with E-state index in [4.69, 9.17) is 10.5 Å². The monoisotopic (exact) mass is 302 g/mol. The van der Waals surface area contributed by atoms with Crippen molar-refractivity contribution in [2.24, 2.45) is 11.7 Å². The number of piperidine rings is 1. The SMILES string of the molecule is CC1CCCN(CCOc2ccc(F)cc2)C1CN.Cl. The van der Waals surface area contributed by atoms with E-state index in [9.17, 15) is 4.39 Å². The lowest BCUT2D eigenvalue weighted by Crippen LogP contribution is -2.49. The fourth-order valence-corrected chi connectivity index (χ4v) is 2.81. The molecule has 1 aliphatic rings. The molecule has 1 aromatic carbocycles. The molecule has 0 radical (unpaired) electrons. The molecular weight excluding hydrogens is 279 g/mol. The van der Waals surface area contributed by atoms with Gasteiger partial charge >= 0.3 is 0 Å². The Morgan fingerprint density at radius 1 is 1.35 bits per heavy atom. The molecule has 5 heteroatoms. The van der Waals surface area contributed by atoms with Crippen LogP contribution in [0.3, 0.4) is 0 Å². The third-order valence-corrected chi connectivity index (χ3v) is 3.93. The molecule has 0 spiro atoms. The van der Waals surface area contributed by atoms with Gasteiger partial charge < -0.3 is 10.5 Å². The summed E-state index contributed by atoms with van der Waals surface area (Å²) in [6.45, 7) is 5.57. The molecule has 1 aliphatic heterocycles. The van der Waals surface area contributed by atoms with Gasteiger partial charge in [-0.25, -0.2) is 4.39 Å². The maximum Gasteiger partial charge on any atom is 0.123 e. The van der Waals surface area contributed by atoms with Crippen molar-refractivity contribution in [3.63, 3.8) is 0 Å². The Morgan fingerprint density at radius 3 is 2.70 bits per heavy atom. The van der Waals surface area contributed by atoms with Crippen LogP contribution >= 0.6 is 12.4 Å². The molecule has 114 valence electrons. The Morgan fingerprint density at radius 2 is 2.05 bits per heavy atom. The summed E-state index contributed by atoms with van der Waals surface area (Å²) in [5, 5.41) is 0. The van der Waals surface area contributed by atoms with Crippen molar-refractivity contribution in [3.8, 4) is 5.75 Å². The Bertz CT molecular complexity index is 388. The average molecular weight is 303 g/mol. The van der Waals surface area contributed by atoms with Gasteiger partial charge in [-0.3, -0.25) is 4.90 Å². The number of nitrogens with zero attached hydrogens (tertiary/aromatic N) is 1. The van der Waals surface area contributed by atoms with E-state index in [2.05, 4.69) is 11.8 Å². The van der Waals surface area contributed by atoms with Crippen molar-refractivity contribution in [1.29, 1.82) is 0 Å². The predicted octanol–water partition coefficient (Wildman–Crippen LogP) is 2.69. The van der Waals surface area contributed by atoms with Gasteiger partial charge in [0.05, 0.1) is 0 Å². The van der Waals surface area contributed by atoms with Crippen LogP contribution in [0.15, 0.2) is 24.3 Å². The lowest BCUT2D eigenvalue weighted by Gasteiger charge is -2.39. The zero-order valence-electron chi connectivity index (χ0n) is 11.9. The highest BCUT2D eigenvalue weighted by atomic mass is 35.5. The molecule has 2 atom stereocenters. The van der Waals surface area contributed by atoms with Crippen molar-refractivity contribution >= 4 is 12.4 Å². The molecule has 2 N–H and O–H groups in total. The second-order valence-electron chi connectivity index (χ2n) is 5.26. The minimum absolute atomic E-state index is 0. The Kier molecular flexibility index (Phi) is 7.27. The Labute approximate surface area is 126 Å². The van der Waals surface area contributed by atoms with Gasteiger partial charge in [-0.15, -0.1) is 12.4 Å². The summed E-state index contributed by atoms with van der Waals surface area (Å²) in [7, 11) is 0. The second kappa shape index (κ2) is 8.45. The van der Waals surface area contributed by atoms with Gasteiger partial charge in [0, 0.05) is 19.1 Å². The minimum atomic E-state index is -0.236. The van der Waals surface area contributed by atoms with E-state index in [1.54, 1.807) is 12.1 Å². The van der Waals surface area contributed by atoms with Crippen LogP contribution in [0, 0.1) is 11.7 Å². The van der Waals surface area contributed by atoms with Gasteiger partial charge in [0.15, 0.2) is 0 Å². The predicted molar refractivity (Wildman–Crippen MR) is 82.0 cm³/mol. The maximum absolute atomic E-state index is 12.8. The van der Waals surface area contributed by atoms with E-state index in [1.807, 2.05) is 0 Å². The fraction of sp³-hybridized carbons (Fsp3) is 0.600. The van der Waals surface area contributed by atoms with E-state index < -0.39 is 0 Å². The number of nitrogens with two attached hydrogens (primary N) is 1. The van der Waals surface area contributed by atoms with Crippen LogP contribution in [-0.4, -0.2) is 37.2 Å². The number of hydrogen-bond acceptors (Lipinski definition) is 3. The highest BCUT2D eigenvalue weighted by molar-refractivity contribution is 5.85. The van der Waals surface area contributed by atoms with Crippen LogP contribution in [0.1, 0.15) is 19.8 Å². The topological polar surface area (TPSA) is 38.5 Å². The quantitative estimate of drug-likeness (QED) is 0.909. The van der Waals surface area contributed by atoms with E-state index in [-0.39, 0.29) is 18.2 Å². The molecular formula is C15H24ClFN2O. The molecule has 1 aromatic rings. The molecule has 0 saturated carbocycles. The first-order valence-corrected chi connectivity index (χ1v) is 7.03. The van der Waals surface area contributed by atoms with Crippen LogP contribution in [0.5, 0.6) is 5.75 Å². The lowest BCUT2D eigenvalue weighted by molar-refractivity contribution is 0.0895. The fourth-order valence-electron chi connectivity index (χ4n) is 2.81. The second-order valence-corrected chi connectivity index (χ2v) is 5.26. The van der Waals surface area contributed by atoms with Gasteiger partial charge in [-0.05, 0) is 49.6 Å². The number of likely N-dealkylation sites (tertiary alicyclic amines) is 1. The van der Waals surface area contributed by atoms with Crippen LogP contribution < -0.4 is 10.5 Å². The molecule has 1 heterocycles. The van der Waals surface area contributed by atoms with Crippen molar-refractivity contribution < 1.29 is 9.13 Å². The highest BCUT2D eigenvalue weighted by Crippen LogP contribution is 2.22. The minimum Gasteiger partial charge on any atom is -0.492 e.